The lowest BCUT2D eigenvalue weighted by atomic mass is 9.94. The van der Waals surface area contributed by atoms with Gasteiger partial charge in [-0.15, -0.1) is 0 Å². The van der Waals surface area contributed by atoms with E-state index < -0.39 is 11.8 Å². The van der Waals surface area contributed by atoms with Crippen LogP contribution in [-0.2, 0) is 4.74 Å². The van der Waals surface area contributed by atoms with Crippen molar-refractivity contribution in [3.63, 3.8) is 0 Å². The van der Waals surface area contributed by atoms with Gasteiger partial charge in [-0.3, -0.25) is 9.59 Å². The van der Waals surface area contributed by atoms with Gasteiger partial charge in [-0.25, -0.2) is 4.79 Å². The Morgan fingerprint density at radius 2 is 1.57 bits per heavy atom. The van der Waals surface area contributed by atoms with E-state index in [1.165, 1.54) is 25.3 Å². The molecule has 0 bridgehead atoms. The van der Waals surface area contributed by atoms with Crippen molar-refractivity contribution in [1.29, 1.82) is 0 Å². The van der Waals surface area contributed by atoms with Gasteiger partial charge in [0.2, 0.25) is 5.78 Å². The van der Waals surface area contributed by atoms with Gasteiger partial charge in [-0.05, 0) is 24.3 Å². The zero-order valence-electron chi connectivity index (χ0n) is 12.2. The molecule has 0 atom stereocenters. The van der Waals surface area contributed by atoms with E-state index in [0.29, 0.717) is 11.3 Å². The molecule has 5 heteroatoms. The zero-order chi connectivity index (χ0) is 16.4. The van der Waals surface area contributed by atoms with Crippen LogP contribution in [0.3, 0.4) is 0 Å². The highest BCUT2D eigenvalue weighted by Crippen LogP contribution is 2.23. The topological polar surface area (TPSA) is 69.7 Å². The first-order chi connectivity index (χ1) is 11.1. The second kappa shape index (κ2) is 5.88. The normalized spacial score (nSPS) is 13.2. The molecule has 3 rings (SSSR count). The summed E-state index contributed by atoms with van der Waals surface area (Å²) < 4.78 is 10.1. The van der Waals surface area contributed by atoms with Gasteiger partial charge in [-0.2, -0.15) is 0 Å². The molecule has 1 aliphatic rings. The molecule has 0 radical (unpaired) electrons. The summed E-state index contributed by atoms with van der Waals surface area (Å²) in [5, 5.41) is 0. The lowest BCUT2D eigenvalue weighted by Gasteiger charge is -2.14. The van der Waals surface area contributed by atoms with Crippen molar-refractivity contribution >= 4 is 17.5 Å². The third-order valence-corrected chi connectivity index (χ3v) is 3.45. The number of methoxy groups -OCH3 is 1. The number of esters is 1. The summed E-state index contributed by atoms with van der Waals surface area (Å²) in [7, 11) is 1.52. The predicted molar refractivity (Wildman–Crippen MR) is 81.6 cm³/mol. The summed E-state index contributed by atoms with van der Waals surface area (Å²) in [5.41, 5.74) is 0.796. The van der Waals surface area contributed by atoms with Crippen molar-refractivity contribution in [2.24, 2.45) is 0 Å². The molecule has 0 fully saturated rings. The highest BCUT2D eigenvalue weighted by Gasteiger charge is 2.28. The second-order valence-corrected chi connectivity index (χ2v) is 4.87. The maximum Gasteiger partial charge on any atom is 0.343 e. The molecule has 2 aromatic rings. The fourth-order valence-electron chi connectivity index (χ4n) is 2.25. The van der Waals surface area contributed by atoms with Crippen molar-refractivity contribution < 1.29 is 23.9 Å². The predicted octanol–water partition coefficient (Wildman–Crippen LogP) is 2.82. The maximum absolute atomic E-state index is 12.3. The standard InChI is InChI=1S/C18H12O5/c1-22-12-8-6-11(7-9-12)18(21)23-16-10-15(19)13-4-2-3-5-14(13)17(16)20/h2-10H,1H3. The molecule has 2 aromatic carbocycles. The van der Waals surface area contributed by atoms with Crippen molar-refractivity contribution in [2.45, 2.75) is 0 Å². The van der Waals surface area contributed by atoms with Crippen LogP contribution < -0.4 is 4.74 Å². The molecular weight excluding hydrogens is 296 g/mol. The first-order valence-electron chi connectivity index (χ1n) is 6.86. The SMILES string of the molecule is COc1ccc(C(=O)OC2=CC(=O)c3ccccc3C2=O)cc1. The summed E-state index contributed by atoms with van der Waals surface area (Å²) in [6.07, 6.45) is 1.05. The monoisotopic (exact) mass is 308 g/mol. The molecule has 114 valence electrons. The minimum absolute atomic E-state index is 0.234. The molecule has 0 spiro atoms. The van der Waals surface area contributed by atoms with Gasteiger partial charge in [-0.1, -0.05) is 24.3 Å². The number of fused-ring (bicyclic) bond motifs is 1. The Balaban J connectivity index is 1.84. The molecule has 0 saturated carbocycles. The minimum atomic E-state index is -0.709. The molecule has 0 heterocycles. The van der Waals surface area contributed by atoms with Crippen LogP contribution >= 0.6 is 0 Å². The molecule has 1 aliphatic carbocycles. The lowest BCUT2D eigenvalue weighted by molar-refractivity contribution is 0.0585. The van der Waals surface area contributed by atoms with E-state index in [9.17, 15) is 14.4 Å². The quantitative estimate of drug-likeness (QED) is 0.815. The molecule has 23 heavy (non-hydrogen) atoms. The maximum atomic E-state index is 12.3. The second-order valence-electron chi connectivity index (χ2n) is 4.87. The number of ketones is 2. The van der Waals surface area contributed by atoms with Gasteiger partial charge < -0.3 is 9.47 Å². The number of ether oxygens (including phenoxy) is 2. The van der Waals surface area contributed by atoms with E-state index in [2.05, 4.69) is 0 Å². The van der Waals surface area contributed by atoms with Crippen LogP contribution in [0.25, 0.3) is 0 Å². The number of hydrogen-bond acceptors (Lipinski definition) is 5. The van der Waals surface area contributed by atoms with Crippen LogP contribution in [0.4, 0.5) is 0 Å². The number of Topliss-reactive ketones (excluding diaryl/α,β-unsaturated/α-hetero) is 1. The number of carbonyl (C=O) groups excluding carboxylic acids is 3. The van der Waals surface area contributed by atoms with Crippen LogP contribution in [0.15, 0.2) is 60.4 Å². The lowest BCUT2D eigenvalue weighted by Crippen LogP contribution is -2.20. The highest BCUT2D eigenvalue weighted by atomic mass is 16.5. The zero-order valence-corrected chi connectivity index (χ0v) is 12.2. The molecule has 0 aliphatic heterocycles. The Morgan fingerprint density at radius 1 is 0.913 bits per heavy atom. The average Bonchev–Trinajstić information content (AvgIpc) is 2.59. The Labute approximate surface area is 132 Å². The summed E-state index contributed by atoms with van der Waals surface area (Å²) in [6, 6.07) is 12.7. The van der Waals surface area contributed by atoms with Crippen molar-refractivity contribution in [3.8, 4) is 5.75 Å². The van der Waals surface area contributed by atoms with E-state index in [-0.39, 0.29) is 22.7 Å². The molecular formula is C18H12O5. The number of hydrogen-bond donors (Lipinski definition) is 0. The minimum Gasteiger partial charge on any atom is -0.497 e. The Hall–Kier alpha value is -3.21. The summed E-state index contributed by atoms with van der Waals surface area (Å²) in [6.45, 7) is 0. The molecule has 0 N–H and O–H groups in total. The third kappa shape index (κ3) is 2.76. The average molecular weight is 308 g/mol. The van der Waals surface area contributed by atoms with Gasteiger partial charge in [0.1, 0.15) is 5.75 Å². The number of rotatable bonds is 3. The third-order valence-electron chi connectivity index (χ3n) is 3.45. The molecule has 0 aromatic heterocycles. The van der Waals surface area contributed by atoms with E-state index in [1.807, 2.05) is 0 Å². The highest BCUT2D eigenvalue weighted by molar-refractivity contribution is 6.24. The Morgan fingerprint density at radius 3 is 2.22 bits per heavy atom. The summed E-state index contributed by atoms with van der Waals surface area (Å²) in [5.74, 6) is -1.23. The van der Waals surface area contributed by atoms with E-state index in [4.69, 9.17) is 9.47 Å². The first-order valence-corrected chi connectivity index (χ1v) is 6.86. The smallest absolute Gasteiger partial charge is 0.343 e. The van der Waals surface area contributed by atoms with Gasteiger partial charge in [0.05, 0.1) is 12.7 Å². The van der Waals surface area contributed by atoms with Crippen molar-refractivity contribution in [1.82, 2.24) is 0 Å². The van der Waals surface area contributed by atoms with Crippen molar-refractivity contribution in [2.75, 3.05) is 7.11 Å². The van der Waals surface area contributed by atoms with Crippen molar-refractivity contribution in [3.05, 3.63) is 77.1 Å². The van der Waals surface area contributed by atoms with E-state index in [0.717, 1.165) is 6.08 Å². The molecule has 5 nitrogen and oxygen atoms in total. The van der Waals surface area contributed by atoms with Gasteiger partial charge in [0.25, 0.3) is 0 Å². The van der Waals surface area contributed by atoms with Crippen LogP contribution in [0.5, 0.6) is 5.75 Å². The van der Waals surface area contributed by atoms with Crippen LogP contribution in [0, 0.1) is 0 Å². The first kappa shape index (κ1) is 14.7. The Bertz CT molecular complexity index is 831. The summed E-state index contributed by atoms with van der Waals surface area (Å²) in [4.78, 5) is 36.4. The number of benzene rings is 2. The fraction of sp³-hybridized carbons (Fsp3) is 0.0556. The van der Waals surface area contributed by atoms with Gasteiger partial charge in [0, 0.05) is 17.2 Å². The fourth-order valence-corrected chi connectivity index (χ4v) is 2.25. The van der Waals surface area contributed by atoms with E-state index in [1.54, 1.807) is 30.3 Å². The Kier molecular flexibility index (Phi) is 3.76. The van der Waals surface area contributed by atoms with Gasteiger partial charge >= 0.3 is 5.97 Å². The summed E-state index contributed by atoms with van der Waals surface area (Å²) >= 11 is 0. The van der Waals surface area contributed by atoms with E-state index >= 15 is 0 Å². The van der Waals surface area contributed by atoms with Crippen LogP contribution in [0.2, 0.25) is 0 Å². The molecule has 0 saturated heterocycles. The number of carbonyl (C=O) groups is 3. The van der Waals surface area contributed by atoms with Crippen LogP contribution in [-0.4, -0.2) is 24.6 Å². The largest absolute Gasteiger partial charge is 0.497 e. The van der Waals surface area contributed by atoms with Crippen LogP contribution in [0.1, 0.15) is 31.1 Å². The number of allylic oxidation sites excluding steroid dienone is 2. The molecule has 0 unspecified atom stereocenters. The van der Waals surface area contributed by atoms with Gasteiger partial charge in [0.15, 0.2) is 11.5 Å². The molecule has 0 amide bonds.